The Balaban J connectivity index is 1.98. The Labute approximate surface area is 199 Å². The van der Waals surface area contributed by atoms with Crippen LogP contribution in [-0.4, -0.2) is 63.2 Å². The average molecular weight is 526 g/mol. The van der Waals surface area contributed by atoms with Crippen molar-refractivity contribution in [1.29, 1.82) is 0 Å². The lowest BCUT2D eigenvalue weighted by Gasteiger charge is -2.26. The lowest BCUT2D eigenvalue weighted by molar-refractivity contribution is -0.123. The van der Waals surface area contributed by atoms with Gasteiger partial charge in [0.2, 0.25) is 0 Å². The summed E-state index contributed by atoms with van der Waals surface area (Å²) >= 11 is 3.40. The topological polar surface area (TPSA) is 68.3 Å². The summed E-state index contributed by atoms with van der Waals surface area (Å²) in [5, 5.41) is 0.816. The average Bonchev–Trinajstić information content (AvgIpc) is 3.11. The van der Waals surface area contributed by atoms with Gasteiger partial charge in [-0.15, -0.1) is 0 Å². The summed E-state index contributed by atoms with van der Waals surface area (Å²) in [6.45, 7) is 9.97. The Bertz CT molecular complexity index is 899. The van der Waals surface area contributed by atoms with E-state index in [1.807, 2.05) is 6.92 Å². The van der Waals surface area contributed by atoms with Crippen molar-refractivity contribution in [2.75, 3.05) is 37.3 Å². The molecule has 2 aliphatic heterocycles. The molecular formula is C23H33BrN2O5Si. The SMILES string of the molecule is COc1cc2c(cc1OCCCBr)N(COCC[Si](C)(C)C)C(=O)[C@@H]1CC(C)=CN1C2=O. The molecule has 1 aromatic rings. The number of rotatable bonds is 10. The first-order chi connectivity index (χ1) is 15.2. The summed E-state index contributed by atoms with van der Waals surface area (Å²) in [5.74, 6) is 0.616. The zero-order valence-corrected chi connectivity index (χ0v) is 22.2. The molecule has 0 aromatic heterocycles. The molecule has 1 atom stereocenters. The van der Waals surface area contributed by atoms with Gasteiger partial charge in [0.25, 0.3) is 11.8 Å². The molecule has 0 spiro atoms. The minimum absolute atomic E-state index is 0.0974. The zero-order chi connectivity index (χ0) is 23.5. The van der Waals surface area contributed by atoms with Crippen molar-refractivity contribution in [2.45, 2.75) is 51.5 Å². The standard InChI is InChI=1S/C23H33BrN2O5Si/c1-16-11-19-23(28)26(15-30-9-10-32(3,4)5)18-13-21(31-8-6-7-24)20(29-2)12-17(18)22(27)25(19)14-16/h12-14,19H,6-11,15H2,1-5H3/t19-/m0/s1. The summed E-state index contributed by atoms with van der Waals surface area (Å²) in [4.78, 5) is 30.1. The van der Waals surface area contributed by atoms with Crippen LogP contribution in [0.2, 0.25) is 25.7 Å². The van der Waals surface area contributed by atoms with Crippen molar-refractivity contribution in [3.05, 3.63) is 29.5 Å². The van der Waals surface area contributed by atoms with Crippen molar-refractivity contribution < 1.29 is 23.8 Å². The third-order valence-corrected chi connectivity index (χ3v) is 7.82. The van der Waals surface area contributed by atoms with Crippen LogP contribution < -0.4 is 14.4 Å². The van der Waals surface area contributed by atoms with Gasteiger partial charge in [-0.1, -0.05) is 41.1 Å². The number of carbonyl (C=O) groups is 2. The van der Waals surface area contributed by atoms with Crippen molar-refractivity contribution in [3.8, 4) is 11.5 Å². The quantitative estimate of drug-likeness (QED) is 0.253. The van der Waals surface area contributed by atoms with Crippen LogP contribution in [0.25, 0.3) is 0 Å². The number of halogens is 1. The first-order valence-corrected chi connectivity index (χ1v) is 15.8. The predicted octanol–water partition coefficient (Wildman–Crippen LogP) is 4.64. The Morgan fingerprint density at radius 1 is 1.16 bits per heavy atom. The molecule has 0 unspecified atom stereocenters. The summed E-state index contributed by atoms with van der Waals surface area (Å²) in [6.07, 6.45) is 3.12. The molecule has 32 heavy (non-hydrogen) atoms. The van der Waals surface area contributed by atoms with Crippen LogP contribution in [0.15, 0.2) is 23.9 Å². The van der Waals surface area contributed by atoms with Gasteiger partial charge in [-0.3, -0.25) is 14.5 Å². The summed E-state index contributed by atoms with van der Waals surface area (Å²) in [5.41, 5.74) is 1.91. The molecule has 0 N–H and O–H groups in total. The summed E-state index contributed by atoms with van der Waals surface area (Å²) < 4.78 is 17.4. The second kappa shape index (κ2) is 10.4. The number of anilines is 1. The van der Waals surface area contributed by atoms with Gasteiger partial charge in [0.1, 0.15) is 12.8 Å². The number of amides is 2. The number of hydrogen-bond acceptors (Lipinski definition) is 5. The molecular weight excluding hydrogens is 492 g/mol. The van der Waals surface area contributed by atoms with Crippen LogP contribution in [0.4, 0.5) is 5.69 Å². The van der Waals surface area contributed by atoms with Crippen LogP contribution in [0.1, 0.15) is 30.1 Å². The fourth-order valence-electron chi connectivity index (χ4n) is 3.75. The molecule has 0 saturated heterocycles. The molecule has 2 amide bonds. The maximum Gasteiger partial charge on any atom is 0.260 e. The second-order valence-electron chi connectivity index (χ2n) is 9.43. The van der Waals surface area contributed by atoms with E-state index in [9.17, 15) is 9.59 Å². The van der Waals surface area contributed by atoms with Crippen LogP contribution >= 0.6 is 15.9 Å². The van der Waals surface area contributed by atoms with Gasteiger partial charge in [-0.05, 0) is 31.9 Å². The van der Waals surface area contributed by atoms with Crippen LogP contribution in [0.5, 0.6) is 11.5 Å². The van der Waals surface area contributed by atoms with E-state index in [4.69, 9.17) is 14.2 Å². The number of benzene rings is 1. The molecule has 1 aromatic carbocycles. The molecule has 176 valence electrons. The van der Waals surface area contributed by atoms with Gasteiger partial charge in [-0.2, -0.15) is 0 Å². The fourth-order valence-corrected chi connectivity index (χ4v) is 4.73. The van der Waals surface area contributed by atoms with Crippen LogP contribution in [-0.2, 0) is 9.53 Å². The van der Waals surface area contributed by atoms with Crippen molar-refractivity contribution in [2.24, 2.45) is 0 Å². The molecule has 0 saturated carbocycles. The molecule has 3 rings (SSSR count). The van der Waals surface area contributed by atoms with Gasteiger partial charge in [0.05, 0.1) is 25.0 Å². The van der Waals surface area contributed by atoms with Crippen LogP contribution in [0, 0.1) is 0 Å². The highest BCUT2D eigenvalue weighted by Gasteiger charge is 2.42. The number of nitrogens with zero attached hydrogens (tertiary/aromatic N) is 2. The normalized spacial score (nSPS) is 18.3. The van der Waals surface area contributed by atoms with Crippen molar-refractivity contribution >= 4 is 41.5 Å². The Morgan fingerprint density at radius 2 is 1.91 bits per heavy atom. The lowest BCUT2D eigenvalue weighted by atomic mass is 10.1. The predicted molar refractivity (Wildman–Crippen MR) is 132 cm³/mol. The highest BCUT2D eigenvalue weighted by Crippen LogP contribution is 2.40. The molecule has 0 bridgehead atoms. The number of fused-ring (bicyclic) bond motifs is 2. The molecule has 0 aliphatic carbocycles. The van der Waals surface area contributed by atoms with Gasteiger partial charge >= 0.3 is 0 Å². The number of methoxy groups -OCH3 is 1. The van der Waals surface area contributed by atoms with E-state index in [1.54, 1.807) is 35.2 Å². The number of ether oxygens (including phenoxy) is 3. The first-order valence-electron chi connectivity index (χ1n) is 11.0. The maximum absolute atomic E-state index is 13.5. The van der Waals surface area contributed by atoms with Gasteiger partial charge in [0.15, 0.2) is 11.5 Å². The minimum atomic E-state index is -1.26. The third-order valence-electron chi connectivity index (χ3n) is 5.55. The lowest BCUT2D eigenvalue weighted by Crippen LogP contribution is -2.45. The second-order valence-corrected chi connectivity index (χ2v) is 15.8. The van der Waals surface area contributed by atoms with Gasteiger partial charge < -0.3 is 19.1 Å². The van der Waals surface area contributed by atoms with E-state index in [2.05, 4.69) is 35.6 Å². The number of carbonyl (C=O) groups excluding carboxylic acids is 2. The minimum Gasteiger partial charge on any atom is -0.493 e. The number of hydrogen-bond donors (Lipinski definition) is 0. The van der Waals surface area contributed by atoms with E-state index >= 15 is 0 Å². The van der Waals surface area contributed by atoms with Gasteiger partial charge in [0, 0.05) is 32.3 Å². The monoisotopic (exact) mass is 524 g/mol. The highest BCUT2D eigenvalue weighted by molar-refractivity contribution is 9.09. The smallest absolute Gasteiger partial charge is 0.260 e. The Kier molecular flexibility index (Phi) is 8.05. The number of alkyl halides is 1. The van der Waals surface area contributed by atoms with Gasteiger partial charge in [-0.25, -0.2) is 0 Å². The molecule has 2 heterocycles. The maximum atomic E-state index is 13.5. The fraction of sp³-hybridized carbons (Fsp3) is 0.565. The van der Waals surface area contributed by atoms with E-state index < -0.39 is 14.1 Å². The Hall–Kier alpha value is -1.84. The van der Waals surface area contributed by atoms with E-state index in [0.29, 0.717) is 42.4 Å². The van der Waals surface area contributed by atoms with Crippen molar-refractivity contribution in [1.82, 2.24) is 4.90 Å². The summed E-state index contributed by atoms with van der Waals surface area (Å²) in [6, 6.07) is 3.85. The Morgan fingerprint density at radius 3 is 2.56 bits per heavy atom. The van der Waals surface area contributed by atoms with Crippen molar-refractivity contribution in [3.63, 3.8) is 0 Å². The summed E-state index contributed by atoms with van der Waals surface area (Å²) in [7, 11) is 0.283. The van der Waals surface area contributed by atoms with E-state index in [1.165, 1.54) is 0 Å². The first kappa shape index (κ1) is 24.8. The highest BCUT2D eigenvalue weighted by atomic mass is 79.9. The molecule has 7 nitrogen and oxygen atoms in total. The third kappa shape index (κ3) is 5.55. The van der Waals surface area contributed by atoms with E-state index in [-0.39, 0.29) is 18.5 Å². The van der Waals surface area contributed by atoms with Crippen LogP contribution in [0.3, 0.4) is 0 Å². The molecule has 9 heteroatoms. The molecule has 0 fully saturated rings. The zero-order valence-electron chi connectivity index (χ0n) is 19.6. The largest absolute Gasteiger partial charge is 0.493 e. The molecule has 0 radical (unpaired) electrons. The van der Waals surface area contributed by atoms with E-state index in [0.717, 1.165) is 23.4 Å². The molecule has 2 aliphatic rings.